The van der Waals surface area contributed by atoms with Gasteiger partial charge in [0.2, 0.25) is 5.91 Å². The number of hydrogen-bond donors (Lipinski definition) is 1. The topological polar surface area (TPSA) is 81.2 Å². The zero-order valence-corrected chi connectivity index (χ0v) is 14.9. The second kappa shape index (κ2) is 7.92. The van der Waals surface area contributed by atoms with E-state index < -0.39 is 0 Å². The molecule has 0 fully saturated rings. The van der Waals surface area contributed by atoms with Gasteiger partial charge in [-0.05, 0) is 32.9 Å². The number of methoxy groups -OCH3 is 1. The minimum Gasteiger partial charge on any atom is -0.497 e. The van der Waals surface area contributed by atoms with Crippen LogP contribution < -0.4 is 10.1 Å². The van der Waals surface area contributed by atoms with E-state index in [2.05, 4.69) is 15.3 Å². The molecule has 0 bridgehead atoms. The minimum atomic E-state index is -0.184. The van der Waals surface area contributed by atoms with Gasteiger partial charge in [-0.2, -0.15) is 0 Å². The van der Waals surface area contributed by atoms with Crippen LogP contribution in [0, 0.1) is 13.8 Å². The van der Waals surface area contributed by atoms with E-state index in [0.717, 1.165) is 0 Å². The number of carbonyl (C=O) groups is 2. The summed E-state index contributed by atoms with van der Waals surface area (Å²) in [4.78, 5) is 32.4. The summed E-state index contributed by atoms with van der Waals surface area (Å²) in [6.45, 7) is 5.00. The Labute approximate surface area is 145 Å². The molecule has 0 unspecified atom stereocenters. The van der Waals surface area contributed by atoms with Crippen LogP contribution in [0.1, 0.15) is 28.8 Å². The molecule has 0 saturated heterocycles. The normalized spacial score (nSPS) is 10.3. The molecule has 1 aromatic carbocycles. The van der Waals surface area contributed by atoms with E-state index in [-0.39, 0.29) is 17.4 Å². The zero-order chi connectivity index (χ0) is 17.7. The van der Waals surface area contributed by atoms with Gasteiger partial charge in [0, 0.05) is 11.8 Å². The van der Waals surface area contributed by atoms with Crippen molar-refractivity contribution in [3.8, 4) is 5.75 Å². The van der Waals surface area contributed by atoms with E-state index in [9.17, 15) is 9.59 Å². The number of aryl methyl sites for hydroxylation is 2. The zero-order valence-electron chi connectivity index (χ0n) is 14.0. The fourth-order valence-corrected chi connectivity index (χ4v) is 3.20. The van der Waals surface area contributed by atoms with Gasteiger partial charge >= 0.3 is 0 Å². The monoisotopic (exact) mass is 345 g/mol. The molecule has 1 N–H and O–H groups in total. The molecule has 126 valence electrons. The smallest absolute Gasteiger partial charge is 0.234 e. The first-order valence-electron chi connectivity index (χ1n) is 7.33. The third-order valence-corrected chi connectivity index (χ3v) is 4.19. The molecule has 0 aliphatic heterocycles. The van der Waals surface area contributed by atoms with E-state index in [1.54, 1.807) is 45.2 Å². The van der Waals surface area contributed by atoms with Gasteiger partial charge in [0.05, 0.1) is 24.1 Å². The van der Waals surface area contributed by atoms with Crippen LogP contribution in [0.5, 0.6) is 5.75 Å². The molecule has 1 heterocycles. The molecule has 2 rings (SSSR count). The Kier molecular flexibility index (Phi) is 5.92. The number of anilines is 1. The molecule has 0 saturated carbocycles. The Morgan fingerprint density at radius 2 is 2.00 bits per heavy atom. The number of Topliss-reactive ketones (excluding diaryl/α,β-unsaturated/α-hetero) is 1. The highest BCUT2D eigenvalue weighted by Crippen LogP contribution is 2.24. The summed E-state index contributed by atoms with van der Waals surface area (Å²) >= 11 is 1.23. The van der Waals surface area contributed by atoms with Gasteiger partial charge in [-0.3, -0.25) is 9.59 Å². The Bertz CT molecular complexity index is 778. The summed E-state index contributed by atoms with van der Waals surface area (Å²) < 4.78 is 5.12. The molecular weight excluding hydrogens is 326 g/mol. The average molecular weight is 345 g/mol. The van der Waals surface area contributed by atoms with E-state index in [1.165, 1.54) is 18.7 Å². The number of nitrogens with zero attached hydrogens (tertiary/aromatic N) is 2. The fraction of sp³-hybridized carbons (Fsp3) is 0.294. The molecular formula is C17H19N3O3S. The number of carbonyl (C=O) groups excluding carboxylic acids is 2. The van der Waals surface area contributed by atoms with E-state index in [1.807, 2.05) is 0 Å². The number of benzene rings is 1. The van der Waals surface area contributed by atoms with Crippen LogP contribution in [-0.2, 0) is 4.79 Å². The third-order valence-electron chi connectivity index (χ3n) is 3.21. The molecule has 1 amide bonds. The van der Waals surface area contributed by atoms with Crippen LogP contribution in [0.15, 0.2) is 29.3 Å². The Balaban J connectivity index is 2.07. The number of ketones is 1. The van der Waals surface area contributed by atoms with E-state index >= 15 is 0 Å². The average Bonchev–Trinajstić information content (AvgIpc) is 2.52. The quantitative estimate of drug-likeness (QED) is 0.492. The van der Waals surface area contributed by atoms with Gasteiger partial charge in [0.25, 0.3) is 0 Å². The molecule has 7 heteroatoms. The first-order valence-corrected chi connectivity index (χ1v) is 8.32. The SMILES string of the molecule is COc1cccc(NC(=O)CSc2nc(C)nc(C)c2C(C)=O)c1. The summed E-state index contributed by atoms with van der Waals surface area (Å²) in [5, 5.41) is 3.33. The third kappa shape index (κ3) is 4.55. The van der Waals surface area contributed by atoms with Gasteiger partial charge in [-0.15, -0.1) is 0 Å². The van der Waals surface area contributed by atoms with E-state index in [0.29, 0.717) is 33.5 Å². The lowest BCUT2D eigenvalue weighted by Crippen LogP contribution is -2.15. The van der Waals surface area contributed by atoms with Crippen LogP contribution in [0.3, 0.4) is 0 Å². The second-order valence-electron chi connectivity index (χ2n) is 5.16. The van der Waals surface area contributed by atoms with Crippen molar-refractivity contribution in [3.63, 3.8) is 0 Å². The lowest BCUT2D eigenvalue weighted by Gasteiger charge is -2.10. The van der Waals surface area contributed by atoms with Gasteiger partial charge in [0.15, 0.2) is 5.78 Å². The molecule has 6 nitrogen and oxygen atoms in total. The Hall–Kier alpha value is -2.41. The van der Waals surface area contributed by atoms with Crippen LogP contribution in [-0.4, -0.2) is 34.5 Å². The van der Waals surface area contributed by atoms with Crippen molar-refractivity contribution in [2.45, 2.75) is 25.8 Å². The standard InChI is InChI=1S/C17H19N3O3S/c1-10-16(11(2)21)17(19-12(3)18-10)24-9-15(22)20-13-6-5-7-14(8-13)23-4/h5-8H,9H2,1-4H3,(H,20,22). The largest absolute Gasteiger partial charge is 0.497 e. The van der Waals surface area contributed by atoms with Crippen molar-refractivity contribution < 1.29 is 14.3 Å². The van der Waals surface area contributed by atoms with Crippen LogP contribution in [0.4, 0.5) is 5.69 Å². The minimum absolute atomic E-state index is 0.108. The van der Waals surface area contributed by atoms with Crippen molar-refractivity contribution >= 4 is 29.1 Å². The van der Waals surface area contributed by atoms with Gasteiger partial charge in [-0.25, -0.2) is 9.97 Å². The number of nitrogens with one attached hydrogen (secondary N) is 1. The summed E-state index contributed by atoms with van der Waals surface area (Å²) in [6, 6.07) is 7.12. The molecule has 2 aromatic rings. The Morgan fingerprint density at radius 1 is 1.25 bits per heavy atom. The first kappa shape index (κ1) is 17.9. The number of thioether (sulfide) groups is 1. The summed E-state index contributed by atoms with van der Waals surface area (Å²) in [7, 11) is 1.57. The highest BCUT2D eigenvalue weighted by atomic mass is 32.2. The van der Waals surface area contributed by atoms with Crippen molar-refractivity contribution in [2.75, 3.05) is 18.2 Å². The van der Waals surface area contributed by atoms with Crippen molar-refractivity contribution in [1.29, 1.82) is 0 Å². The molecule has 24 heavy (non-hydrogen) atoms. The van der Waals surface area contributed by atoms with Crippen molar-refractivity contribution in [1.82, 2.24) is 9.97 Å². The first-order chi connectivity index (χ1) is 11.4. The summed E-state index contributed by atoms with van der Waals surface area (Å²) in [6.07, 6.45) is 0. The maximum atomic E-state index is 12.1. The number of aromatic nitrogens is 2. The highest BCUT2D eigenvalue weighted by Gasteiger charge is 2.16. The fourth-order valence-electron chi connectivity index (χ4n) is 2.22. The number of ether oxygens (including phenoxy) is 1. The maximum Gasteiger partial charge on any atom is 0.234 e. The molecule has 0 aliphatic rings. The van der Waals surface area contributed by atoms with Crippen LogP contribution >= 0.6 is 11.8 Å². The van der Waals surface area contributed by atoms with Crippen LogP contribution in [0.25, 0.3) is 0 Å². The number of rotatable bonds is 6. The lowest BCUT2D eigenvalue weighted by atomic mass is 10.2. The molecule has 0 radical (unpaired) electrons. The lowest BCUT2D eigenvalue weighted by molar-refractivity contribution is -0.113. The Morgan fingerprint density at radius 3 is 2.67 bits per heavy atom. The number of hydrogen-bond acceptors (Lipinski definition) is 6. The van der Waals surface area contributed by atoms with Crippen molar-refractivity contribution in [2.24, 2.45) is 0 Å². The van der Waals surface area contributed by atoms with Crippen molar-refractivity contribution in [3.05, 3.63) is 41.3 Å². The molecule has 0 spiro atoms. The van der Waals surface area contributed by atoms with Gasteiger partial charge in [0.1, 0.15) is 16.6 Å². The van der Waals surface area contributed by atoms with Crippen LogP contribution in [0.2, 0.25) is 0 Å². The predicted molar refractivity (Wildman–Crippen MR) is 93.9 cm³/mol. The molecule has 0 aliphatic carbocycles. The second-order valence-corrected chi connectivity index (χ2v) is 6.13. The highest BCUT2D eigenvalue weighted by molar-refractivity contribution is 8.00. The molecule has 0 atom stereocenters. The predicted octanol–water partition coefficient (Wildman–Crippen LogP) is 3.04. The summed E-state index contributed by atoms with van der Waals surface area (Å²) in [5.41, 5.74) is 1.76. The molecule has 1 aromatic heterocycles. The maximum absolute atomic E-state index is 12.1. The van der Waals surface area contributed by atoms with Gasteiger partial charge in [-0.1, -0.05) is 17.8 Å². The number of amides is 1. The van der Waals surface area contributed by atoms with E-state index in [4.69, 9.17) is 4.74 Å². The van der Waals surface area contributed by atoms with Gasteiger partial charge < -0.3 is 10.1 Å². The summed E-state index contributed by atoms with van der Waals surface area (Å²) in [5.74, 6) is 1.10.